The van der Waals surface area contributed by atoms with Crippen molar-refractivity contribution in [3.63, 3.8) is 0 Å². The topological polar surface area (TPSA) is 47.0 Å². The lowest BCUT2D eigenvalue weighted by Crippen LogP contribution is -2.03. The van der Waals surface area contributed by atoms with Crippen molar-refractivity contribution in [2.24, 2.45) is 0 Å². The molecule has 0 aliphatic heterocycles. The van der Waals surface area contributed by atoms with Crippen molar-refractivity contribution in [1.29, 1.82) is 0 Å². The second-order valence-corrected chi connectivity index (χ2v) is 2.95. The fourth-order valence-corrected chi connectivity index (χ4v) is 1.03. The van der Waals surface area contributed by atoms with Gasteiger partial charge in [0.2, 0.25) is 0 Å². The van der Waals surface area contributed by atoms with E-state index in [0.717, 1.165) is 0 Å². The monoisotopic (exact) mass is 177 g/mol. The number of hydrogen-bond donors (Lipinski definition) is 0. The van der Waals surface area contributed by atoms with Crippen molar-refractivity contribution < 1.29 is 9.59 Å². The van der Waals surface area contributed by atoms with Crippen LogP contribution in [0.4, 0.5) is 0 Å². The number of nitrogens with zero attached hydrogens (tertiary/aromatic N) is 1. The third-order valence-electron chi connectivity index (χ3n) is 1.60. The first-order valence-electron chi connectivity index (χ1n) is 4.06. The summed E-state index contributed by atoms with van der Waals surface area (Å²) in [5.74, 6) is -0.0291. The number of Topliss-reactive ketones (excluding diaryl/α,β-unsaturated/α-hetero) is 2. The van der Waals surface area contributed by atoms with Gasteiger partial charge in [-0.1, -0.05) is 6.07 Å². The van der Waals surface area contributed by atoms with E-state index in [2.05, 4.69) is 4.98 Å². The Kier molecular flexibility index (Phi) is 2.90. The summed E-state index contributed by atoms with van der Waals surface area (Å²) in [7, 11) is 0. The molecule has 3 heteroatoms. The van der Waals surface area contributed by atoms with E-state index in [1.165, 1.54) is 13.8 Å². The first kappa shape index (κ1) is 9.58. The van der Waals surface area contributed by atoms with Crippen LogP contribution in [0, 0.1) is 0 Å². The van der Waals surface area contributed by atoms with Gasteiger partial charge in [-0.3, -0.25) is 9.59 Å². The van der Waals surface area contributed by atoms with Crippen molar-refractivity contribution in [3.8, 4) is 0 Å². The Morgan fingerprint density at radius 1 is 1.31 bits per heavy atom. The van der Waals surface area contributed by atoms with Crippen LogP contribution in [-0.4, -0.2) is 16.6 Å². The number of ketones is 2. The summed E-state index contributed by atoms with van der Waals surface area (Å²) in [5, 5.41) is 0. The molecule has 0 aromatic carbocycles. The molecular weight excluding hydrogens is 166 g/mol. The van der Waals surface area contributed by atoms with Gasteiger partial charge in [0.15, 0.2) is 5.78 Å². The highest BCUT2D eigenvalue weighted by Crippen LogP contribution is 2.01. The molecule has 1 heterocycles. The van der Waals surface area contributed by atoms with Crippen molar-refractivity contribution in [2.75, 3.05) is 0 Å². The van der Waals surface area contributed by atoms with E-state index < -0.39 is 0 Å². The number of rotatable bonds is 3. The van der Waals surface area contributed by atoms with Gasteiger partial charge in [-0.25, -0.2) is 4.98 Å². The predicted molar refractivity (Wildman–Crippen MR) is 48.6 cm³/mol. The summed E-state index contributed by atoms with van der Waals surface area (Å²) >= 11 is 0. The summed E-state index contributed by atoms with van der Waals surface area (Å²) in [5.41, 5.74) is 1.07. The Morgan fingerprint density at radius 2 is 2.00 bits per heavy atom. The smallest absolute Gasteiger partial charge is 0.178 e. The lowest BCUT2D eigenvalue weighted by Gasteiger charge is -1.98. The maximum absolute atomic E-state index is 10.9. The minimum atomic E-state index is -0.0783. The molecule has 3 nitrogen and oxygen atoms in total. The Balaban J connectivity index is 2.91. The molecule has 0 fully saturated rings. The van der Waals surface area contributed by atoms with Gasteiger partial charge in [0.05, 0.1) is 0 Å². The standard InChI is InChI=1S/C10H11NO2/c1-7(12)6-9-4-3-5-10(11-9)8(2)13/h3-5H,6H2,1-2H3. The molecule has 0 unspecified atom stereocenters. The van der Waals surface area contributed by atoms with Gasteiger partial charge in [0, 0.05) is 19.0 Å². The fourth-order valence-electron chi connectivity index (χ4n) is 1.03. The summed E-state index contributed by atoms with van der Waals surface area (Å²) in [4.78, 5) is 25.7. The third kappa shape index (κ3) is 2.78. The van der Waals surface area contributed by atoms with E-state index in [1.807, 2.05) is 0 Å². The number of carbonyl (C=O) groups excluding carboxylic acids is 2. The van der Waals surface area contributed by atoms with Crippen molar-refractivity contribution in [3.05, 3.63) is 29.6 Å². The number of aromatic nitrogens is 1. The molecule has 0 saturated heterocycles. The minimum Gasteiger partial charge on any atom is -0.300 e. The van der Waals surface area contributed by atoms with Gasteiger partial charge in [0.25, 0.3) is 0 Å². The Bertz CT molecular complexity index is 345. The zero-order valence-corrected chi connectivity index (χ0v) is 7.70. The van der Waals surface area contributed by atoms with Crippen LogP contribution in [0.3, 0.4) is 0 Å². The molecule has 1 aromatic rings. The summed E-state index contributed by atoms with van der Waals surface area (Å²) in [6, 6.07) is 5.13. The molecule has 0 aliphatic carbocycles. The highest BCUT2D eigenvalue weighted by atomic mass is 16.1. The van der Waals surface area contributed by atoms with Gasteiger partial charge in [0.1, 0.15) is 11.5 Å². The molecule has 0 atom stereocenters. The van der Waals surface area contributed by atoms with E-state index in [-0.39, 0.29) is 11.6 Å². The van der Waals surface area contributed by atoms with Crippen LogP contribution in [0.25, 0.3) is 0 Å². The molecule has 0 N–H and O–H groups in total. The Hall–Kier alpha value is -1.51. The lowest BCUT2D eigenvalue weighted by molar-refractivity contribution is -0.116. The molecule has 0 radical (unpaired) electrons. The summed E-state index contributed by atoms with van der Waals surface area (Å²) in [6.45, 7) is 2.96. The van der Waals surface area contributed by atoms with Gasteiger partial charge < -0.3 is 0 Å². The van der Waals surface area contributed by atoms with Gasteiger partial charge in [-0.2, -0.15) is 0 Å². The van der Waals surface area contributed by atoms with Gasteiger partial charge in [-0.05, 0) is 19.1 Å². The van der Waals surface area contributed by atoms with Crippen molar-refractivity contribution >= 4 is 11.6 Å². The molecule has 1 rings (SSSR count). The number of pyridine rings is 1. The quantitative estimate of drug-likeness (QED) is 0.656. The Morgan fingerprint density at radius 3 is 2.54 bits per heavy atom. The van der Waals surface area contributed by atoms with E-state index in [1.54, 1.807) is 18.2 Å². The van der Waals surface area contributed by atoms with Crippen LogP contribution in [0.15, 0.2) is 18.2 Å². The minimum absolute atomic E-state index is 0.0493. The van der Waals surface area contributed by atoms with E-state index in [4.69, 9.17) is 0 Å². The highest BCUT2D eigenvalue weighted by Gasteiger charge is 2.03. The first-order chi connectivity index (χ1) is 6.09. The molecule has 0 amide bonds. The fraction of sp³-hybridized carbons (Fsp3) is 0.300. The maximum Gasteiger partial charge on any atom is 0.178 e. The number of hydrogen-bond acceptors (Lipinski definition) is 3. The summed E-state index contributed by atoms with van der Waals surface area (Å²) in [6.07, 6.45) is 0.293. The highest BCUT2D eigenvalue weighted by molar-refractivity contribution is 5.92. The van der Waals surface area contributed by atoms with Crippen LogP contribution >= 0.6 is 0 Å². The molecule has 1 aromatic heterocycles. The van der Waals surface area contributed by atoms with Gasteiger partial charge in [-0.15, -0.1) is 0 Å². The van der Waals surface area contributed by atoms with Crippen molar-refractivity contribution in [2.45, 2.75) is 20.3 Å². The second kappa shape index (κ2) is 3.94. The second-order valence-electron chi connectivity index (χ2n) is 2.95. The van der Waals surface area contributed by atoms with Crippen LogP contribution in [0.2, 0.25) is 0 Å². The van der Waals surface area contributed by atoms with Crippen LogP contribution in [0.5, 0.6) is 0 Å². The molecule has 0 aliphatic rings. The van der Waals surface area contributed by atoms with Crippen molar-refractivity contribution in [1.82, 2.24) is 4.98 Å². The van der Waals surface area contributed by atoms with Crippen LogP contribution in [-0.2, 0) is 11.2 Å². The molecule has 13 heavy (non-hydrogen) atoms. The van der Waals surface area contributed by atoms with Crippen LogP contribution < -0.4 is 0 Å². The molecule has 68 valence electrons. The molecular formula is C10H11NO2. The SMILES string of the molecule is CC(=O)Cc1cccc(C(C)=O)n1. The normalized spacial score (nSPS) is 9.69. The first-order valence-corrected chi connectivity index (χ1v) is 4.06. The molecule has 0 spiro atoms. The maximum atomic E-state index is 10.9. The van der Waals surface area contributed by atoms with Crippen LogP contribution in [0.1, 0.15) is 30.0 Å². The van der Waals surface area contributed by atoms with E-state index in [0.29, 0.717) is 17.8 Å². The number of carbonyl (C=O) groups is 2. The van der Waals surface area contributed by atoms with Gasteiger partial charge >= 0.3 is 0 Å². The largest absolute Gasteiger partial charge is 0.300 e. The Labute approximate surface area is 76.8 Å². The molecule has 0 saturated carbocycles. The zero-order valence-electron chi connectivity index (χ0n) is 7.70. The lowest BCUT2D eigenvalue weighted by atomic mass is 10.2. The van der Waals surface area contributed by atoms with E-state index >= 15 is 0 Å². The van der Waals surface area contributed by atoms with E-state index in [9.17, 15) is 9.59 Å². The zero-order chi connectivity index (χ0) is 9.84. The average molecular weight is 177 g/mol. The summed E-state index contributed by atoms with van der Waals surface area (Å²) < 4.78 is 0. The third-order valence-corrected chi connectivity index (χ3v) is 1.60. The predicted octanol–water partition coefficient (Wildman–Crippen LogP) is 1.42. The average Bonchev–Trinajstić information content (AvgIpc) is 2.03. The molecule has 0 bridgehead atoms.